The Hall–Kier alpha value is -3.03. The molecular formula is C21H12BrClN4O2. The molecule has 6 nitrogen and oxygen atoms in total. The predicted molar refractivity (Wildman–Crippen MR) is 116 cm³/mol. The standard InChI is InChI=1S/C21H12BrClN4O2/c1-11-9-16(27(26-11)19-15(23)7-4-8-24-19)20-25-18-14(21(28)29-20)10-12-5-2-3-6-13(12)17(18)22/h2-10H,1H3. The number of aryl methyl sites for hydroxylation is 1. The molecule has 0 bridgehead atoms. The monoisotopic (exact) mass is 466 g/mol. The zero-order valence-electron chi connectivity index (χ0n) is 15.1. The molecule has 0 saturated carbocycles. The Morgan fingerprint density at radius 1 is 1.10 bits per heavy atom. The third-order valence-electron chi connectivity index (χ3n) is 4.57. The zero-order valence-corrected chi connectivity index (χ0v) is 17.4. The van der Waals surface area contributed by atoms with Crippen LogP contribution < -0.4 is 5.63 Å². The molecule has 29 heavy (non-hydrogen) atoms. The minimum Gasteiger partial charge on any atom is -0.401 e. The minimum atomic E-state index is -0.478. The van der Waals surface area contributed by atoms with Crippen LogP contribution in [0.15, 0.2) is 68.4 Å². The Kier molecular flexibility index (Phi) is 4.22. The first-order chi connectivity index (χ1) is 14.0. The topological polar surface area (TPSA) is 73.8 Å². The van der Waals surface area contributed by atoms with Gasteiger partial charge < -0.3 is 4.42 Å². The molecule has 0 N–H and O–H groups in total. The molecule has 0 amide bonds. The van der Waals surface area contributed by atoms with Gasteiger partial charge in [-0.25, -0.2) is 19.4 Å². The van der Waals surface area contributed by atoms with Crippen LogP contribution in [0.25, 0.3) is 39.1 Å². The molecule has 0 aliphatic heterocycles. The lowest BCUT2D eigenvalue weighted by Gasteiger charge is -2.09. The number of fused-ring (bicyclic) bond motifs is 2. The van der Waals surface area contributed by atoms with E-state index in [0.717, 1.165) is 15.2 Å². The van der Waals surface area contributed by atoms with Gasteiger partial charge in [0.15, 0.2) is 5.82 Å². The largest absolute Gasteiger partial charge is 0.401 e. The third kappa shape index (κ3) is 2.94. The van der Waals surface area contributed by atoms with Crippen LogP contribution in [0.4, 0.5) is 0 Å². The van der Waals surface area contributed by atoms with Crippen LogP contribution in [0.3, 0.4) is 0 Å². The van der Waals surface area contributed by atoms with Crippen molar-refractivity contribution in [3.05, 3.63) is 80.3 Å². The summed E-state index contributed by atoms with van der Waals surface area (Å²) in [5, 5.41) is 7.17. The SMILES string of the molecule is Cc1cc(-c2nc3c(Br)c4ccccc4cc3c(=O)o2)n(-c2ncccc2Cl)n1. The van der Waals surface area contributed by atoms with Gasteiger partial charge in [-0.15, -0.1) is 0 Å². The van der Waals surface area contributed by atoms with Gasteiger partial charge in [-0.05, 0) is 57.9 Å². The summed E-state index contributed by atoms with van der Waals surface area (Å²) in [4.78, 5) is 21.7. The summed E-state index contributed by atoms with van der Waals surface area (Å²) in [5.41, 5.74) is 1.24. The molecule has 0 fully saturated rings. The highest BCUT2D eigenvalue weighted by molar-refractivity contribution is 9.10. The van der Waals surface area contributed by atoms with Crippen LogP contribution >= 0.6 is 27.5 Å². The molecule has 5 rings (SSSR count). The van der Waals surface area contributed by atoms with Gasteiger partial charge in [0.25, 0.3) is 0 Å². The molecule has 2 aromatic carbocycles. The summed E-state index contributed by atoms with van der Waals surface area (Å²) < 4.78 is 7.84. The Labute approximate surface area is 177 Å². The van der Waals surface area contributed by atoms with E-state index in [9.17, 15) is 4.79 Å². The lowest BCUT2D eigenvalue weighted by molar-refractivity contribution is 0.513. The van der Waals surface area contributed by atoms with Gasteiger partial charge in [-0.1, -0.05) is 35.9 Å². The second kappa shape index (κ2) is 6.79. The minimum absolute atomic E-state index is 0.140. The highest BCUT2D eigenvalue weighted by atomic mass is 79.9. The van der Waals surface area contributed by atoms with E-state index >= 15 is 0 Å². The molecule has 8 heteroatoms. The smallest absolute Gasteiger partial charge is 0.347 e. The zero-order chi connectivity index (χ0) is 20.1. The number of hydrogen-bond donors (Lipinski definition) is 0. The molecule has 0 atom stereocenters. The Morgan fingerprint density at radius 3 is 2.76 bits per heavy atom. The van der Waals surface area contributed by atoms with Crippen molar-refractivity contribution < 1.29 is 4.42 Å². The van der Waals surface area contributed by atoms with Gasteiger partial charge in [0, 0.05) is 6.20 Å². The van der Waals surface area contributed by atoms with Crippen LogP contribution in [0.5, 0.6) is 0 Å². The summed E-state index contributed by atoms with van der Waals surface area (Å²) in [7, 11) is 0. The van der Waals surface area contributed by atoms with Crippen LogP contribution in [-0.4, -0.2) is 19.7 Å². The molecule has 5 aromatic rings. The van der Waals surface area contributed by atoms with E-state index in [1.807, 2.05) is 31.2 Å². The Morgan fingerprint density at radius 2 is 1.93 bits per heavy atom. The summed E-state index contributed by atoms with van der Waals surface area (Å²) >= 11 is 9.91. The maximum Gasteiger partial charge on any atom is 0.347 e. The molecule has 0 aliphatic carbocycles. The fraction of sp³-hybridized carbons (Fsp3) is 0.0476. The van der Waals surface area contributed by atoms with Crippen molar-refractivity contribution in [1.29, 1.82) is 0 Å². The van der Waals surface area contributed by atoms with Crippen molar-refractivity contribution in [2.24, 2.45) is 0 Å². The molecule has 142 valence electrons. The van der Waals surface area contributed by atoms with Gasteiger partial charge in [0.1, 0.15) is 5.69 Å². The normalized spacial score (nSPS) is 11.4. The molecule has 0 radical (unpaired) electrons. The van der Waals surface area contributed by atoms with E-state index in [1.54, 1.807) is 30.5 Å². The maximum atomic E-state index is 12.8. The first-order valence-electron chi connectivity index (χ1n) is 8.73. The predicted octanol–water partition coefficient (Wildman–Crippen LogP) is 5.31. The number of nitrogens with zero attached hydrogens (tertiary/aromatic N) is 4. The fourth-order valence-electron chi connectivity index (χ4n) is 3.28. The van der Waals surface area contributed by atoms with Crippen molar-refractivity contribution in [2.75, 3.05) is 0 Å². The Bertz CT molecular complexity index is 1480. The van der Waals surface area contributed by atoms with E-state index in [2.05, 4.69) is 31.0 Å². The van der Waals surface area contributed by atoms with Crippen molar-refractivity contribution >= 4 is 49.2 Å². The molecule has 3 heterocycles. The number of benzene rings is 2. The van der Waals surface area contributed by atoms with Gasteiger partial charge >= 0.3 is 5.63 Å². The lowest BCUT2D eigenvalue weighted by atomic mass is 10.1. The molecule has 0 saturated heterocycles. The van der Waals surface area contributed by atoms with Gasteiger partial charge in [0.05, 0.1) is 26.1 Å². The third-order valence-corrected chi connectivity index (χ3v) is 5.67. The maximum absolute atomic E-state index is 12.8. The average molecular weight is 468 g/mol. The number of rotatable bonds is 2. The van der Waals surface area contributed by atoms with Crippen LogP contribution in [0, 0.1) is 6.92 Å². The number of aromatic nitrogens is 4. The van der Waals surface area contributed by atoms with Crippen molar-refractivity contribution in [3.8, 4) is 17.4 Å². The highest BCUT2D eigenvalue weighted by Gasteiger charge is 2.19. The first-order valence-corrected chi connectivity index (χ1v) is 9.90. The molecule has 0 spiro atoms. The number of halogens is 2. The molecular weight excluding hydrogens is 456 g/mol. The summed E-state index contributed by atoms with van der Waals surface area (Å²) in [6.07, 6.45) is 1.62. The van der Waals surface area contributed by atoms with Gasteiger partial charge in [0.2, 0.25) is 5.89 Å². The van der Waals surface area contributed by atoms with Crippen molar-refractivity contribution in [1.82, 2.24) is 19.7 Å². The number of pyridine rings is 1. The van der Waals surface area contributed by atoms with E-state index in [-0.39, 0.29) is 5.89 Å². The second-order valence-corrected chi connectivity index (χ2v) is 7.71. The van der Waals surface area contributed by atoms with Crippen LogP contribution in [0.1, 0.15) is 5.69 Å². The summed E-state index contributed by atoms with van der Waals surface area (Å²) in [6, 6.07) is 14.8. The lowest BCUT2D eigenvalue weighted by Crippen LogP contribution is -2.07. The average Bonchev–Trinajstić information content (AvgIpc) is 3.11. The van der Waals surface area contributed by atoms with Crippen LogP contribution in [-0.2, 0) is 0 Å². The van der Waals surface area contributed by atoms with Crippen molar-refractivity contribution in [3.63, 3.8) is 0 Å². The number of hydrogen-bond acceptors (Lipinski definition) is 5. The van der Waals surface area contributed by atoms with E-state index in [1.165, 1.54) is 4.68 Å². The van der Waals surface area contributed by atoms with Crippen molar-refractivity contribution in [2.45, 2.75) is 6.92 Å². The fourth-order valence-corrected chi connectivity index (χ4v) is 4.15. The van der Waals surface area contributed by atoms with Crippen LogP contribution in [0.2, 0.25) is 5.02 Å². The molecule has 3 aromatic heterocycles. The molecule has 0 unspecified atom stereocenters. The quantitative estimate of drug-likeness (QED) is 0.329. The first kappa shape index (κ1) is 18.0. The summed E-state index contributed by atoms with van der Waals surface area (Å²) in [6.45, 7) is 1.83. The summed E-state index contributed by atoms with van der Waals surface area (Å²) in [5.74, 6) is 0.570. The van der Waals surface area contributed by atoms with Gasteiger partial charge in [-0.2, -0.15) is 5.10 Å². The van der Waals surface area contributed by atoms with E-state index < -0.39 is 5.63 Å². The molecule has 0 aliphatic rings. The Balaban J connectivity index is 1.81. The van der Waals surface area contributed by atoms with Gasteiger partial charge in [-0.3, -0.25) is 0 Å². The second-order valence-electron chi connectivity index (χ2n) is 6.51. The van der Waals surface area contributed by atoms with E-state index in [4.69, 9.17) is 16.0 Å². The highest BCUT2D eigenvalue weighted by Crippen LogP contribution is 2.32. The van der Waals surface area contributed by atoms with E-state index in [0.29, 0.717) is 33.1 Å².